The summed E-state index contributed by atoms with van der Waals surface area (Å²) in [5.41, 5.74) is 2.10. The molecule has 0 aliphatic heterocycles. The third-order valence-electron chi connectivity index (χ3n) is 2.62. The van der Waals surface area contributed by atoms with Crippen molar-refractivity contribution in [3.05, 3.63) is 35.4 Å². The van der Waals surface area contributed by atoms with Gasteiger partial charge in [0.15, 0.2) is 0 Å². The van der Waals surface area contributed by atoms with Gasteiger partial charge < -0.3 is 29.3 Å². The van der Waals surface area contributed by atoms with Crippen LogP contribution in [-0.2, 0) is 65.4 Å². The molecule has 1 rings (SSSR count). The zero-order valence-corrected chi connectivity index (χ0v) is 21.1. The maximum Gasteiger partial charge on any atom is 0.00567 e. The number of allylic oxidation sites excluding steroid dienone is 2. The molecule has 10 radical (unpaired) electrons. The van der Waals surface area contributed by atoms with E-state index in [4.69, 9.17) is 31.4 Å². The molecular formula is C18H18B4Y2-4. The fraction of sp³-hybridized carbons (Fsp3) is 0.444. The Morgan fingerprint density at radius 3 is 1.17 bits per heavy atom. The van der Waals surface area contributed by atoms with Crippen molar-refractivity contribution in [1.29, 1.82) is 0 Å². The first kappa shape index (κ1) is 27.4. The topological polar surface area (TPSA) is 0 Å². The van der Waals surface area contributed by atoms with Crippen molar-refractivity contribution in [3.63, 3.8) is 0 Å². The summed E-state index contributed by atoms with van der Waals surface area (Å²) in [6, 6.07) is 5.98. The van der Waals surface area contributed by atoms with E-state index in [0.717, 1.165) is 0 Å². The molecular weight excluding hydrogens is 437 g/mol. The summed E-state index contributed by atoms with van der Waals surface area (Å²) in [5, 5.41) is 0. The SMILES string of the molecule is [B]C(=[C-]C(C)(C)C)c1[c-]c([B])c(C([B])=[C-]C(C)(C)C)[c-]c1[B].[Y].[Y]. The molecule has 0 amide bonds. The van der Waals surface area contributed by atoms with E-state index >= 15 is 0 Å². The van der Waals surface area contributed by atoms with Gasteiger partial charge in [-0.25, -0.2) is 0 Å². The van der Waals surface area contributed by atoms with E-state index in [-0.39, 0.29) is 76.2 Å². The van der Waals surface area contributed by atoms with Gasteiger partial charge in [0.1, 0.15) is 0 Å². The largest absolute Gasteiger partial charge is 0.337 e. The molecule has 0 aliphatic rings. The minimum Gasteiger partial charge on any atom is -0.337 e. The van der Waals surface area contributed by atoms with Gasteiger partial charge in [0.05, 0.1) is 0 Å². The predicted molar refractivity (Wildman–Crippen MR) is 98.6 cm³/mol. The fourth-order valence-electron chi connectivity index (χ4n) is 1.89. The van der Waals surface area contributed by atoms with Crippen LogP contribution in [0.3, 0.4) is 0 Å². The summed E-state index contributed by atoms with van der Waals surface area (Å²) in [6.45, 7) is 12.0. The van der Waals surface area contributed by atoms with Crippen LogP contribution in [0.25, 0.3) is 10.9 Å². The number of hydrogen-bond acceptors (Lipinski definition) is 0. The van der Waals surface area contributed by atoms with Gasteiger partial charge in [-0.05, 0) is 23.5 Å². The molecule has 0 aliphatic carbocycles. The Labute approximate surface area is 204 Å². The molecule has 0 nitrogen and oxygen atoms in total. The van der Waals surface area contributed by atoms with Gasteiger partial charge in [-0.1, -0.05) is 41.5 Å². The molecule has 6 heteroatoms. The van der Waals surface area contributed by atoms with Crippen LogP contribution in [0.5, 0.6) is 0 Å². The number of benzene rings is 1. The van der Waals surface area contributed by atoms with E-state index in [1.807, 2.05) is 41.5 Å². The first-order valence-corrected chi connectivity index (χ1v) is 7.15. The van der Waals surface area contributed by atoms with Crippen molar-refractivity contribution >= 4 is 53.3 Å². The Kier molecular flexibility index (Phi) is 12.0. The molecule has 1 aromatic rings. The molecule has 0 spiro atoms. The molecule has 0 unspecified atom stereocenters. The second-order valence-electron chi connectivity index (χ2n) is 7.40. The molecule has 0 N–H and O–H groups in total. The van der Waals surface area contributed by atoms with Crippen molar-refractivity contribution < 1.29 is 65.4 Å². The van der Waals surface area contributed by atoms with Crippen LogP contribution in [0.2, 0.25) is 0 Å². The van der Waals surface area contributed by atoms with Crippen LogP contribution >= 0.6 is 0 Å². The van der Waals surface area contributed by atoms with Crippen LogP contribution in [0.4, 0.5) is 0 Å². The van der Waals surface area contributed by atoms with Gasteiger partial charge in [-0.3, -0.25) is 28.0 Å². The van der Waals surface area contributed by atoms with Crippen molar-refractivity contribution in [1.82, 2.24) is 0 Å². The molecule has 24 heavy (non-hydrogen) atoms. The van der Waals surface area contributed by atoms with E-state index in [1.165, 1.54) is 0 Å². The second kappa shape index (κ2) is 10.5. The average molecular weight is 455 g/mol. The number of hydrogen-bond donors (Lipinski definition) is 0. The van der Waals surface area contributed by atoms with Crippen molar-refractivity contribution in [2.45, 2.75) is 41.5 Å². The van der Waals surface area contributed by atoms with Gasteiger partial charge in [0.25, 0.3) is 0 Å². The van der Waals surface area contributed by atoms with Gasteiger partial charge in [0, 0.05) is 73.3 Å². The zero-order valence-electron chi connectivity index (χ0n) is 15.5. The Bertz CT molecular complexity index is 565. The summed E-state index contributed by atoms with van der Waals surface area (Å²) < 4.78 is 0. The van der Waals surface area contributed by atoms with Crippen LogP contribution < -0.4 is 10.9 Å². The molecule has 0 aromatic heterocycles. The van der Waals surface area contributed by atoms with E-state index in [9.17, 15) is 0 Å². The Morgan fingerprint density at radius 2 is 0.958 bits per heavy atom. The van der Waals surface area contributed by atoms with Gasteiger partial charge in [-0.15, -0.1) is 10.8 Å². The minimum absolute atomic E-state index is 0. The molecule has 0 atom stereocenters. The third-order valence-corrected chi connectivity index (χ3v) is 2.62. The standard InChI is InChI=1S/C18H18B4.2Y/c1-17(2,3)9-15(21)11-7-14(20)12(8-13(11)19)16(22)10-18(4,5)6;;/h1-6H3;;/q-4;;. The fourth-order valence-corrected chi connectivity index (χ4v) is 1.89. The molecule has 0 saturated heterocycles. The Morgan fingerprint density at radius 1 is 0.708 bits per heavy atom. The summed E-state index contributed by atoms with van der Waals surface area (Å²) >= 11 is 0. The molecule has 1 aromatic carbocycles. The molecule has 112 valence electrons. The van der Waals surface area contributed by atoms with Crippen molar-refractivity contribution in [2.75, 3.05) is 0 Å². The normalized spacial score (nSPS) is 13.1. The first-order valence-electron chi connectivity index (χ1n) is 7.15. The Balaban J connectivity index is 0. The van der Waals surface area contributed by atoms with Crippen molar-refractivity contribution in [3.8, 4) is 0 Å². The summed E-state index contributed by atoms with van der Waals surface area (Å²) in [4.78, 5) is 0. The van der Waals surface area contributed by atoms with Gasteiger partial charge >= 0.3 is 0 Å². The summed E-state index contributed by atoms with van der Waals surface area (Å²) in [6.07, 6.45) is 6.29. The van der Waals surface area contributed by atoms with Crippen LogP contribution in [0.1, 0.15) is 52.7 Å². The number of rotatable bonds is 2. The zero-order chi connectivity index (χ0) is 17.3. The maximum absolute atomic E-state index is 6.04. The summed E-state index contributed by atoms with van der Waals surface area (Å²) in [5.74, 6) is 0. The molecule has 0 fully saturated rings. The Hall–Kier alpha value is 1.17. The predicted octanol–water partition coefficient (Wildman–Crippen LogP) is 1.59. The van der Waals surface area contributed by atoms with Crippen LogP contribution in [0.15, 0.2) is 0 Å². The van der Waals surface area contributed by atoms with E-state index < -0.39 is 0 Å². The van der Waals surface area contributed by atoms with E-state index in [2.05, 4.69) is 24.3 Å². The summed E-state index contributed by atoms with van der Waals surface area (Å²) in [7, 11) is 24.2. The van der Waals surface area contributed by atoms with Crippen molar-refractivity contribution in [2.24, 2.45) is 10.8 Å². The smallest absolute Gasteiger partial charge is 0.00567 e. The average Bonchev–Trinajstić information content (AvgIpc) is 2.26. The quantitative estimate of drug-likeness (QED) is 0.470. The van der Waals surface area contributed by atoms with Crippen LogP contribution in [0, 0.1) is 35.1 Å². The minimum atomic E-state index is -0.198. The van der Waals surface area contributed by atoms with E-state index in [1.54, 1.807) is 0 Å². The molecule has 0 bridgehead atoms. The van der Waals surface area contributed by atoms with Gasteiger partial charge in [-0.2, -0.15) is 0 Å². The van der Waals surface area contributed by atoms with Crippen LogP contribution in [-0.4, -0.2) is 31.4 Å². The monoisotopic (exact) mass is 456 g/mol. The molecule has 0 saturated carbocycles. The van der Waals surface area contributed by atoms with E-state index in [0.29, 0.717) is 33.0 Å². The van der Waals surface area contributed by atoms with Gasteiger partial charge in [0.2, 0.25) is 0 Å². The first-order chi connectivity index (χ1) is 9.80. The molecule has 0 heterocycles. The second-order valence-corrected chi connectivity index (χ2v) is 7.40. The third kappa shape index (κ3) is 9.21. The maximum atomic E-state index is 6.04.